The third-order valence-corrected chi connectivity index (χ3v) is 5.75. The Bertz CT molecular complexity index is 967. The van der Waals surface area contributed by atoms with Gasteiger partial charge in [-0.2, -0.15) is 0 Å². The topological polar surface area (TPSA) is 83.2 Å². The summed E-state index contributed by atoms with van der Waals surface area (Å²) in [7, 11) is 0. The predicted molar refractivity (Wildman–Crippen MR) is 103 cm³/mol. The van der Waals surface area contributed by atoms with Crippen LogP contribution >= 0.6 is 0 Å². The summed E-state index contributed by atoms with van der Waals surface area (Å²) >= 11 is 0. The van der Waals surface area contributed by atoms with Crippen LogP contribution in [-0.4, -0.2) is 36.6 Å². The molecular formula is C21H21N3O3. The number of carbonyl (C=O) groups excluding carboxylic acids is 2. The fourth-order valence-electron chi connectivity index (χ4n) is 4.41. The van der Waals surface area contributed by atoms with E-state index in [1.807, 2.05) is 18.2 Å². The summed E-state index contributed by atoms with van der Waals surface area (Å²) in [4.78, 5) is 27.8. The lowest BCUT2D eigenvalue weighted by atomic mass is 9.85. The molecular weight excluding hydrogens is 342 g/mol. The molecule has 0 aliphatic carbocycles. The Morgan fingerprint density at radius 3 is 2.85 bits per heavy atom. The Morgan fingerprint density at radius 2 is 2.00 bits per heavy atom. The van der Waals surface area contributed by atoms with Gasteiger partial charge in [0.05, 0.1) is 17.7 Å². The lowest BCUT2D eigenvalue weighted by Gasteiger charge is -2.25. The van der Waals surface area contributed by atoms with Crippen LogP contribution in [-0.2, 0) is 16.0 Å². The van der Waals surface area contributed by atoms with Crippen LogP contribution in [0.2, 0.25) is 0 Å². The number of fused-ring (bicyclic) bond motifs is 2. The van der Waals surface area contributed by atoms with Crippen molar-refractivity contribution < 1.29 is 14.3 Å². The standard InChI is InChI=1S/C21H21N3O3/c25-20-15(10-18-14-6-9-27-21(26)16(14)11-23-18)19-13(2-1-3-17(19)24-20)12-4-7-22-8-5-12/h1-3,10-12,22-23H,4-9H2,(H,24,25). The molecule has 0 saturated carbocycles. The third-order valence-electron chi connectivity index (χ3n) is 5.75. The van der Waals surface area contributed by atoms with Gasteiger partial charge in [0.2, 0.25) is 0 Å². The van der Waals surface area contributed by atoms with Crippen molar-refractivity contribution in [2.75, 3.05) is 25.0 Å². The van der Waals surface area contributed by atoms with E-state index in [2.05, 4.69) is 21.7 Å². The molecule has 1 fully saturated rings. The zero-order chi connectivity index (χ0) is 18.4. The molecule has 2 aromatic rings. The number of piperidine rings is 1. The highest BCUT2D eigenvalue weighted by Crippen LogP contribution is 2.41. The molecule has 1 saturated heterocycles. The van der Waals surface area contributed by atoms with Crippen LogP contribution in [0.4, 0.5) is 5.69 Å². The minimum absolute atomic E-state index is 0.0897. The number of anilines is 1. The van der Waals surface area contributed by atoms with Crippen molar-refractivity contribution in [3.63, 3.8) is 0 Å². The molecule has 1 amide bonds. The van der Waals surface area contributed by atoms with Gasteiger partial charge < -0.3 is 20.4 Å². The van der Waals surface area contributed by atoms with E-state index in [0.29, 0.717) is 30.1 Å². The van der Waals surface area contributed by atoms with Crippen molar-refractivity contribution >= 4 is 29.2 Å². The molecule has 6 nitrogen and oxygen atoms in total. The summed E-state index contributed by atoms with van der Waals surface area (Å²) in [6.07, 6.45) is 6.37. The normalized spacial score (nSPS) is 21.0. The number of carbonyl (C=O) groups is 2. The van der Waals surface area contributed by atoms with Crippen molar-refractivity contribution in [3.05, 3.63) is 52.3 Å². The number of nitrogens with one attached hydrogen (secondary N) is 3. The van der Waals surface area contributed by atoms with Gasteiger partial charge in [-0.1, -0.05) is 12.1 Å². The number of hydrogen-bond donors (Lipinski definition) is 3. The second kappa shape index (κ2) is 6.39. The largest absolute Gasteiger partial charge is 0.462 e. The van der Waals surface area contributed by atoms with E-state index in [0.717, 1.165) is 48.4 Å². The van der Waals surface area contributed by atoms with Crippen molar-refractivity contribution in [2.24, 2.45) is 0 Å². The quantitative estimate of drug-likeness (QED) is 0.566. The smallest absolute Gasteiger partial charge is 0.339 e. The zero-order valence-corrected chi connectivity index (χ0v) is 14.9. The van der Waals surface area contributed by atoms with Crippen molar-refractivity contribution in [1.82, 2.24) is 10.3 Å². The van der Waals surface area contributed by atoms with E-state index in [4.69, 9.17) is 4.74 Å². The van der Waals surface area contributed by atoms with Gasteiger partial charge in [-0.3, -0.25) is 4.79 Å². The molecule has 0 unspecified atom stereocenters. The zero-order valence-electron chi connectivity index (χ0n) is 14.9. The molecule has 4 heterocycles. The van der Waals surface area contributed by atoms with Crippen LogP contribution in [0.15, 0.2) is 24.4 Å². The first-order valence-corrected chi connectivity index (χ1v) is 9.47. The number of aromatic amines is 1. The van der Waals surface area contributed by atoms with Gasteiger partial charge >= 0.3 is 5.97 Å². The van der Waals surface area contributed by atoms with Gasteiger partial charge in [-0.05, 0) is 55.1 Å². The molecule has 0 spiro atoms. The molecule has 3 N–H and O–H groups in total. The maximum Gasteiger partial charge on any atom is 0.339 e. The fourth-order valence-corrected chi connectivity index (χ4v) is 4.41. The summed E-state index contributed by atoms with van der Waals surface area (Å²) in [5.41, 5.74) is 6.11. The van der Waals surface area contributed by atoms with Gasteiger partial charge in [0, 0.05) is 29.6 Å². The third kappa shape index (κ3) is 2.68. The molecule has 0 bridgehead atoms. The van der Waals surface area contributed by atoms with E-state index in [-0.39, 0.29) is 11.9 Å². The van der Waals surface area contributed by atoms with Gasteiger partial charge in [0.15, 0.2) is 0 Å². The Balaban J connectivity index is 1.61. The first-order chi connectivity index (χ1) is 13.2. The van der Waals surface area contributed by atoms with Gasteiger partial charge in [-0.15, -0.1) is 0 Å². The first kappa shape index (κ1) is 16.3. The van der Waals surface area contributed by atoms with E-state index < -0.39 is 0 Å². The van der Waals surface area contributed by atoms with Crippen LogP contribution in [0.5, 0.6) is 0 Å². The second-order valence-electron chi connectivity index (χ2n) is 7.29. The number of hydrogen-bond acceptors (Lipinski definition) is 4. The number of aromatic nitrogens is 1. The summed E-state index contributed by atoms with van der Waals surface area (Å²) in [5, 5.41) is 6.40. The lowest BCUT2D eigenvalue weighted by molar-refractivity contribution is -0.110. The van der Waals surface area contributed by atoms with Crippen molar-refractivity contribution in [2.45, 2.75) is 25.2 Å². The molecule has 0 atom stereocenters. The highest BCUT2D eigenvalue weighted by Gasteiger charge is 2.31. The van der Waals surface area contributed by atoms with E-state index in [9.17, 15) is 9.59 Å². The molecule has 27 heavy (non-hydrogen) atoms. The molecule has 1 aromatic carbocycles. The molecule has 138 valence electrons. The summed E-state index contributed by atoms with van der Waals surface area (Å²) in [6, 6.07) is 6.12. The van der Waals surface area contributed by atoms with Crippen LogP contribution in [0, 0.1) is 0 Å². The Kier molecular flexibility index (Phi) is 3.86. The van der Waals surface area contributed by atoms with Crippen LogP contribution in [0.3, 0.4) is 0 Å². The van der Waals surface area contributed by atoms with Crippen molar-refractivity contribution in [1.29, 1.82) is 0 Å². The highest BCUT2D eigenvalue weighted by atomic mass is 16.5. The number of ether oxygens (including phenoxy) is 1. The van der Waals surface area contributed by atoms with Crippen LogP contribution in [0.25, 0.3) is 11.6 Å². The minimum atomic E-state index is -0.302. The van der Waals surface area contributed by atoms with E-state index in [1.54, 1.807) is 6.20 Å². The average Bonchev–Trinajstić information content (AvgIpc) is 3.25. The van der Waals surface area contributed by atoms with E-state index >= 15 is 0 Å². The number of amides is 1. The molecule has 0 radical (unpaired) electrons. The average molecular weight is 363 g/mol. The number of benzene rings is 1. The molecule has 5 rings (SSSR count). The summed E-state index contributed by atoms with van der Waals surface area (Å²) in [6.45, 7) is 2.38. The maximum absolute atomic E-state index is 12.7. The highest BCUT2D eigenvalue weighted by molar-refractivity contribution is 6.35. The minimum Gasteiger partial charge on any atom is -0.462 e. The van der Waals surface area contributed by atoms with E-state index in [1.165, 1.54) is 5.56 Å². The molecule has 6 heteroatoms. The van der Waals surface area contributed by atoms with Crippen LogP contribution in [0.1, 0.15) is 51.5 Å². The summed E-state index contributed by atoms with van der Waals surface area (Å²) in [5.74, 6) is 0.0572. The van der Waals surface area contributed by atoms with Gasteiger partial charge in [0.1, 0.15) is 0 Å². The van der Waals surface area contributed by atoms with Crippen LogP contribution < -0.4 is 10.6 Å². The lowest BCUT2D eigenvalue weighted by Crippen LogP contribution is -2.27. The maximum atomic E-state index is 12.7. The number of cyclic esters (lactones) is 1. The first-order valence-electron chi connectivity index (χ1n) is 9.47. The molecule has 1 aromatic heterocycles. The Morgan fingerprint density at radius 1 is 1.15 bits per heavy atom. The molecule has 3 aliphatic heterocycles. The monoisotopic (exact) mass is 363 g/mol. The second-order valence-corrected chi connectivity index (χ2v) is 7.29. The van der Waals surface area contributed by atoms with Crippen molar-refractivity contribution in [3.8, 4) is 0 Å². The number of rotatable bonds is 2. The summed E-state index contributed by atoms with van der Waals surface area (Å²) < 4.78 is 5.10. The fraction of sp³-hybridized carbons (Fsp3) is 0.333. The van der Waals surface area contributed by atoms with Gasteiger partial charge in [0.25, 0.3) is 5.91 Å². The number of esters is 1. The van der Waals surface area contributed by atoms with Gasteiger partial charge in [-0.25, -0.2) is 4.79 Å². The Labute approximate surface area is 157 Å². The molecule has 3 aliphatic rings. The number of H-pyrrole nitrogens is 1. The Hall–Kier alpha value is -2.86. The predicted octanol–water partition coefficient (Wildman–Crippen LogP) is 2.69. The SMILES string of the molecule is O=C1Nc2cccc(C3CCNCC3)c2C1=Cc1[nH]cc2c1CCOC2=O.